The number of nitrogens with one attached hydrogen (secondary N) is 1. The molecule has 1 atom stereocenters. The van der Waals surface area contributed by atoms with Gasteiger partial charge in [-0.15, -0.1) is 0 Å². The molecule has 1 saturated carbocycles. The minimum atomic E-state index is -0.994. The average molecular weight is 456 g/mol. The summed E-state index contributed by atoms with van der Waals surface area (Å²) in [5.74, 6) is -1.18. The summed E-state index contributed by atoms with van der Waals surface area (Å²) in [6.07, 6.45) is 5.49. The summed E-state index contributed by atoms with van der Waals surface area (Å²) in [6.45, 7) is 1.15. The molecule has 1 N–H and O–H groups in total. The molecule has 1 aliphatic heterocycles. The normalized spacial score (nSPS) is 18.9. The Kier molecular flexibility index (Phi) is 6.35. The van der Waals surface area contributed by atoms with Crippen molar-refractivity contribution in [3.63, 3.8) is 0 Å². The van der Waals surface area contributed by atoms with Crippen molar-refractivity contribution in [3.8, 4) is 11.5 Å². The molecular formula is C25H26F2N2O4. The molecular weight excluding hydrogens is 430 g/mol. The zero-order valence-electron chi connectivity index (χ0n) is 18.6. The highest BCUT2D eigenvalue weighted by Gasteiger charge is 2.58. The van der Waals surface area contributed by atoms with Crippen molar-refractivity contribution in [2.24, 2.45) is 11.3 Å². The number of halogens is 2. The lowest BCUT2D eigenvalue weighted by Crippen LogP contribution is -2.39. The Bertz CT molecular complexity index is 1090. The third kappa shape index (κ3) is 4.84. The van der Waals surface area contributed by atoms with Crippen LogP contribution in [0.4, 0.5) is 14.5 Å². The quantitative estimate of drug-likeness (QED) is 0.660. The molecule has 1 aliphatic carbocycles. The largest absolute Gasteiger partial charge is 0.493 e. The summed E-state index contributed by atoms with van der Waals surface area (Å²) in [5.41, 5.74) is 0.950. The first-order chi connectivity index (χ1) is 15.8. The molecule has 1 heterocycles. The van der Waals surface area contributed by atoms with Gasteiger partial charge in [-0.1, -0.05) is 6.07 Å². The molecule has 6 nitrogen and oxygen atoms in total. The Hall–Kier alpha value is -3.42. The van der Waals surface area contributed by atoms with E-state index in [0.717, 1.165) is 37.0 Å². The second-order valence-electron chi connectivity index (χ2n) is 8.51. The molecule has 2 aromatic rings. The smallest absolute Gasteiger partial charge is 0.246 e. The Morgan fingerprint density at radius 3 is 2.42 bits per heavy atom. The highest BCUT2D eigenvalue weighted by Crippen LogP contribution is 2.59. The molecule has 1 unspecified atom stereocenters. The van der Waals surface area contributed by atoms with Gasteiger partial charge in [-0.2, -0.15) is 0 Å². The van der Waals surface area contributed by atoms with E-state index in [2.05, 4.69) is 5.32 Å². The number of hydrogen-bond acceptors (Lipinski definition) is 4. The highest BCUT2D eigenvalue weighted by atomic mass is 19.2. The van der Waals surface area contributed by atoms with E-state index in [4.69, 9.17) is 9.47 Å². The van der Waals surface area contributed by atoms with Crippen molar-refractivity contribution >= 4 is 23.6 Å². The number of likely N-dealkylation sites (tertiary alicyclic amines) is 1. The molecule has 2 aromatic carbocycles. The van der Waals surface area contributed by atoms with Crippen LogP contribution in [0, 0.1) is 23.0 Å². The van der Waals surface area contributed by atoms with Crippen molar-refractivity contribution in [3.05, 3.63) is 59.7 Å². The van der Waals surface area contributed by atoms with Gasteiger partial charge in [-0.25, -0.2) is 8.78 Å². The van der Waals surface area contributed by atoms with E-state index in [9.17, 15) is 18.4 Å². The van der Waals surface area contributed by atoms with E-state index >= 15 is 0 Å². The molecule has 2 aliphatic rings. The van der Waals surface area contributed by atoms with Gasteiger partial charge in [0.05, 0.1) is 14.2 Å². The predicted octanol–water partition coefficient (Wildman–Crippen LogP) is 4.26. The van der Waals surface area contributed by atoms with Crippen LogP contribution in [-0.4, -0.2) is 44.0 Å². The van der Waals surface area contributed by atoms with Gasteiger partial charge < -0.3 is 19.7 Å². The minimum absolute atomic E-state index is 0.0805. The van der Waals surface area contributed by atoms with Crippen molar-refractivity contribution in [2.75, 3.05) is 32.6 Å². The molecule has 0 radical (unpaired) electrons. The number of hydrogen-bond donors (Lipinski definition) is 1. The molecule has 4 rings (SSSR count). The standard InChI is InChI=1S/C25H26F2N2O4/c1-32-21-7-3-16(13-22(21)33-2)4-8-23(30)29-11-9-25(10-12-29)15-18(25)24(31)28-17-5-6-19(26)20(27)14-17/h3-8,13-14,18H,9-12,15H2,1-2H3,(H,28,31). The number of carbonyl (C=O) groups is 2. The summed E-state index contributed by atoms with van der Waals surface area (Å²) in [5, 5.41) is 2.68. The number of rotatable bonds is 6. The Balaban J connectivity index is 1.30. The second-order valence-corrected chi connectivity index (χ2v) is 8.51. The van der Waals surface area contributed by atoms with Crippen LogP contribution >= 0.6 is 0 Å². The van der Waals surface area contributed by atoms with Crippen molar-refractivity contribution in [1.82, 2.24) is 4.90 Å². The topological polar surface area (TPSA) is 67.9 Å². The Morgan fingerprint density at radius 1 is 1.03 bits per heavy atom. The zero-order valence-corrected chi connectivity index (χ0v) is 18.6. The summed E-state index contributed by atoms with van der Waals surface area (Å²) in [4.78, 5) is 27.0. The van der Waals surface area contributed by atoms with Crippen LogP contribution < -0.4 is 14.8 Å². The Labute approximate surface area is 191 Å². The third-order valence-corrected chi connectivity index (χ3v) is 6.59. The fraction of sp³-hybridized carbons (Fsp3) is 0.360. The van der Waals surface area contributed by atoms with Crippen LogP contribution in [0.15, 0.2) is 42.5 Å². The van der Waals surface area contributed by atoms with Gasteiger partial charge in [0.1, 0.15) is 0 Å². The summed E-state index contributed by atoms with van der Waals surface area (Å²) >= 11 is 0. The van der Waals surface area contributed by atoms with E-state index in [0.29, 0.717) is 24.6 Å². The first-order valence-corrected chi connectivity index (χ1v) is 10.8. The molecule has 1 spiro atoms. The first kappa shape index (κ1) is 22.8. The number of benzene rings is 2. The molecule has 0 bridgehead atoms. The van der Waals surface area contributed by atoms with Crippen LogP contribution in [0.25, 0.3) is 6.08 Å². The lowest BCUT2D eigenvalue weighted by Gasteiger charge is -2.32. The monoisotopic (exact) mass is 456 g/mol. The molecule has 2 fully saturated rings. The molecule has 174 valence electrons. The van der Waals surface area contributed by atoms with Gasteiger partial charge in [-0.3, -0.25) is 9.59 Å². The molecule has 0 aromatic heterocycles. The Morgan fingerprint density at radius 2 is 1.76 bits per heavy atom. The van der Waals surface area contributed by atoms with Gasteiger partial charge in [0.25, 0.3) is 0 Å². The van der Waals surface area contributed by atoms with Gasteiger partial charge in [0.2, 0.25) is 11.8 Å². The maximum Gasteiger partial charge on any atom is 0.246 e. The number of nitrogens with zero attached hydrogens (tertiary/aromatic N) is 1. The lowest BCUT2D eigenvalue weighted by atomic mass is 9.90. The van der Waals surface area contributed by atoms with Gasteiger partial charge in [0.15, 0.2) is 23.1 Å². The zero-order chi connectivity index (χ0) is 23.6. The van der Waals surface area contributed by atoms with Gasteiger partial charge >= 0.3 is 0 Å². The fourth-order valence-corrected chi connectivity index (χ4v) is 4.48. The van der Waals surface area contributed by atoms with Crippen LogP contribution in [0.1, 0.15) is 24.8 Å². The lowest BCUT2D eigenvalue weighted by molar-refractivity contribution is -0.127. The number of piperidine rings is 1. The predicted molar refractivity (Wildman–Crippen MR) is 120 cm³/mol. The maximum atomic E-state index is 13.4. The number of carbonyl (C=O) groups excluding carboxylic acids is 2. The molecule has 2 amide bonds. The van der Waals surface area contributed by atoms with Gasteiger partial charge in [-0.05, 0) is 60.6 Å². The first-order valence-electron chi connectivity index (χ1n) is 10.8. The molecule has 8 heteroatoms. The SMILES string of the molecule is COc1ccc(C=CC(=O)N2CCC3(CC2)CC3C(=O)Nc2ccc(F)c(F)c2)cc1OC. The van der Waals surface area contributed by atoms with Crippen LogP contribution in [0.5, 0.6) is 11.5 Å². The average Bonchev–Trinajstić information content (AvgIpc) is 3.53. The molecule has 1 saturated heterocycles. The number of ether oxygens (including phenoxy) is 2. The van der Waals surface area contributed by atoms with Crippen molar-refractivity contribution in [2.45, 2.75) is 19.3 Å². The van der Waals surface area contributed by atoms with E-state index < -0.39 is 11.6 Å². The number of anilines is 1. The van der Waals surface area contributed by atoms with Crippen LogP contribution in [0.2, 0.25) is 0 Å². The third-order valence-electron chi connectivity index (χ3n) is 6.59. The minimum Gasteiger partial charge on any atom is -0.493 e. The van der Waals surface area contributed by atoms with E-state index in [-0.39, 0.29) is 28.8 Å². The van der Waals surface area contributed by atoms with Crippen LogP contribution in [-0.2, 0) is 9.59 Å². The van der Waals surface area contributed by atoms with E-state index in [1.165, 1.54) is 6.07 Å². The van der Waals surface area contributed by atoms with E-state index in [1.807, 2.05) is 6.07 Å². The summed E-state index contributed by atoms with van der Waals surface area (Å²) in [6, 6.07) is 8.75. The van der Waals surface area contributed by atoms with Gasteiger partial charge in [0, 0.05) is 36.8 Å². The fourth-order valence-electron chi connectivity index (χ4n) is 4.48. The van der Waals surface area contributed by atoms with Crippen molar-refractivity contribution < 1.29 is 27.8 Å². The maximum absolute atomic E-state index is 13.4. The highest BCUT2D eigenvalue weighted by molar-refractivity contribution is 5.95. The number of amides is 2. The summed E-state index contributed by atoms with van der Waals surface area (Å²) in [7, 11) is 3.13. The van der Waals surface area contributed by atoms with Crippen LogP contribution in [0.3, 0.4) is 0 Å². The summed E-state index contributed by atoms with van der Waals surface area (Å²) < 4.78 is 37.0. The molecule has 33 heavy (non-hydrogen) atoms. The number of methoxy groups -OCH3 is 2. The second kappa shape index (κ2) is 9.21. The van der Waals surface area contributed by atoms with Crippen molar-refractivity contribution in [1.29, 1.82) is 0 Å². The van der Waals surface area contributed by atoms with E-state index in [1.54, 1.807) is 43.4 Å².